The molecule has 0 N–H and O–H groups in total. The second kappa shape index (κ2) is 6.77. The molecule has 0 radical (unpaired) electrons. The largest absolute Gasteiger partial charge is 0.352 e. The number of imidazole rings is 1. The summed E-state index contributed by atoms with van der Waals surface area (Å²) in [4.78, 5) is 37.1. The van der Waals surface area contributed by atoms with Crippen molar-refractivity contribution in [1.29, 1.82) is 0 Å². The van der Waals surface area contributed by atoms with Gasteiger partial charge in [-0.25, -0.2) is 4.98 Å². The number of nitrogens with zero attached hydrogens (tertiary/aromatic N) is 5. The number of fused-ring (bicyclic) bond motifs is 2. The smallest absolute Gasteiger partial charge is 0.253 e. The van der Waals surface area contributed by atoms with Gasteiger partial charge in [-0.15, -0.1) is 0 Å². The molecule has 4 heterocycles. The van der Waals surface area contributed by atoms with Crippen molar-refractivity contribution in [3.63, 3.8) is 0 Å². The number of piperidine rings is 1. The second-order valence-corrected chi connectivity index (χ2v) is 7.26. The summed E-state index contributed by atoms with van der Waals surface area (Å²) in [6, 6.07) is 3.45. The Morgan fingerprint density at radius 2 is 1.89 bits per heavy atom. The third-order valence-electron chi connectivity index (χ3n) is 5.36. The molecule has 2 amide bonds. The van der Waals surface area contributed by atoms with Crippen molar-refractivity contribution in [2.75, 3.05) is 27.2 Å². The molecule has 1 unspecified atom stereocenters. The topological polar surface area (TPSA) is 80.6 Å². The van der Waals surface area contributed by atoms with Crippen molar-refractivity contribution in [2.24, 2.45) is 0 Å². The monoisotopic (exact) mass is 369 g/mol. The third kappa shape index (κ3) is 3.10. The highest BCUT2D eigenvalue weighted by Gasteiger charge is 2.47. The minimum absolute atomic E-state index is 0.00711. The molecule has 27 heavy (non-hydrogen) atoms. The number of carbonyl (C=O) groups excluding carboxylic acids is 2. The van der Waals surface area contributed by atoms with Crippen molar-refractivity contribution >= 4 is 11.8 Å². The molecule has 2 aliphatic heterocycles. The lowest BCUT2D eigenvalue weighted by molar-refractivity contribution is -0.178. The number of pyridine rings is 1. The summed E-state index contributed by atoms with van der Waals surface area (Å²) >= 11 is 0. The molecule has 2 aromatic rings. The zero-order valence-corrected chi connectivity index (χ0v) is 15.5. The summed E-state index contributed by atoms with van der Waals surface area (Å²) in [5.74, 6) is 0.789. The van der Waals surface area contributed by atoms with Gasteiger partial charge in [-0.3, -0.25) is 14.6 Å². The van der Waals surface area contributed by atoms with Gasteiger partial charge >= 0.3 is 0 Å². The van der Waals surface area contributed by atoms with E-state index in [2.05, 4.69) is 9.97 Å². The van der Waals surface area contributed by atoms with E-state index in [0.29, 0.717) is 38.0 Å². The van der Waals surface area contributed by atoms with Gasteiger partial charge in [0.2, 0.25) is 0 Å². The zero-order valence-electron chi connectivity index (χ0n) is 15.5. The summed E-state index contributed by atoms with van der Waals surface area (Å²) in [7, 11) is 3.47. The van der Waals surface area contributed by atoms with Crippen molar-refractivity contribution in [3.05, 3.63) is 48.3 Å². The standard InChI is InChI=1S/C19H23N5O3/c1-22(2)17(26)15-13-24-12-9-21-18(24)19(27-15)5-10-23(11-6-19)16(25)14-3-7-20-8-4-14/h3-4,7-9,12,15H,5-6,10-11,13H2,1-2H3. The zero-order chi connectivity index (χ0) is 19.0. The van der Waals surface area contributed by atoms with Crippen LogP contribution in [0.1, 0.15) is 29.0 Å². The Morgan fingerprint density at radius 1 is 1.19 bits per heavy atom. The van der Waals surface area contributed by atoms with Gasteiger partial charge in [0.05, 0.1) is 6.54 Å². The first kappa shape index (κ1) is 17.7. The Labute approximate surface area is 157 Å². The fourth-order valence-corrected chi connectivity index (χ4v) is 3.90. The lowest BCUT2D eigenvalue weighted by Crippen LogP contribution is -2.54. The van der Waals surface area contributed by atoms with Gasteiger partial charge in [0, 0.05) is 70.4 Å². The number of likely N-dealkylation sites (tertiary alicyclic amines) is 1. The van der Waals surface area contributed by atoms with Crippen LogP contribution in [-0.2, 0) is 21.7 Å². The van der Waals surface area contributed by atoms with E-state index < -0.39 is 11.7 Å². The molecule has 1 saturated heterocycles. The van der Waals surface area contributed by atoms with E-state index in [1.807, 2.05) is 15.7 Å². The number of likely N-dealkylation sites (N-methyl/N-ethyl adjacent to an activating group) is 1. The van der Waals surface area contributed by atoms with Crippen LogP contribution in [0.2, 0.25) is 0 Å². The Balaban J connectivity index is 1.54. The van der Waals surface area contributed by atoms with Gasteiger partial charge < -0.3 is 19.1 Å². The molecular weight excluding hydrogens is 346 g/mol. The van der Waals surface area contributed by atoms with Crippen molar-refractivity contribution in [1.82, 2.24) is 24.3 Å². The van der Waals surface area contributed by atoms with Gasteiger partial charge in [0.15, 0.2) is 6.10 Å². The maximum Gasteiger partial charge on any atom is 0.253 e. The number of hydrogen-bond donors (Lipinski definition) is 0. The first-order chi connectivity index (χ1) is 13.0. The quantitative estimate of drug-likeness (QED) is 0.786. The molecule has 2 aliphatic rings. The Bertz CT molecular complexity index is 840. The highest BCUT2D eigenvalue weighted by Crippen LogP contribution is 2.40. The van der Waals surface area contributed by atoms with Crippen molar-refractivity contribution < 1.29 is 14.3 Å². The lowest BCUT2D eigenvalue weighted by Gasteiger charge is -2.45. The SMILES string of the molecule is CN(C)C(=O)C1Cn2ccnc2C2(CCN(C(=O)c3ccncc3)CC2)O1. The van der Waals surface area contributed by atoms with Crippen molar-refractivity contribution in [2.45, 2.75) is 31.1 Å². The van der Waals surface area contributed by atoms with E-state index in [9.17, 15) is 9.59 Å². The summed E-state index contributed by atoms with van der Waals surface area (Å²) in [5, 5.41) is 0. The molecule has 0 aromatic carbocycles. The van der Waals surface area contributed by atoms with Gasteiger partial charge in [0.1, 0.15) is 11.4 Å². The Hall–Kier alpha value is -2.74. The van der Waals surface area contributed by atoms with E-state index >= 15 is 0 Å². The van der Waals surface area contributed by atoms with Crippen LogP contribution >= 0.6 is 0 Å². The number of hydrogen-bond acceptors (Lipinski definition) is 5. The van der Waals surface area contributed by atoms with E-state index in [-0.39, 0.29) is 11.8 Å². The van der Waals surface area contributed by atoms with Crippen LogP contribution in [-0.4, -0.2) is 69.4 Å². The van der Waals surface area contributed by atoms with Gasteiger partial charge in [0.25, 0.3) is 11.8 Å². The van der Waals surface area contributed by atoms with Crippen LogP contribution in [0.15, 0.2) is 36.9 Å². The first-order valence-corrected chi connectivity index (χ1v) is 9.10. The minimum Gasteiger partial charge on any atom is -0.352 e. The summed E-state index contributed by atoms with van der Waals surface area (Å²) in [6.45, 7) is 1.57. The van der Waals surface area contributed by atoms with Crippen LogP contribution in [0.3, 0.4) is 0 Å². The molecule has 2 aromatic heterocycles. The van der Waals surface area contributed by atoms with Gasteiger partial charge in [-0.05, 0) is 12.1 Å². The Morgan fingerprint density at radius 3 is 2.56 bits per heavy atom. The highest BCUT2D eigenvalue weighted by molar-refractivity contribution is 5.94. The predicted molar refractivity (Wildman–Crippen MR) is 96.8 cm³/mol. The van der Waals surface area contributed by atoms with Crippen LogP contribution in [0, 0.1) is 0 Å². The van der Waals surface area contributed by atoms with Gasteiger partial charge in [-0.2, -0.15) is 0 Å². The number of ether oxygens (including phenoxy) is 1. The molecule has 8 nitrogen and oxygen atoms in total. The lowest BCUT2D eigenvalue weighted by atomic mass is 9.88. The Kier molecular flexibility index (Phi) is 4.43. The number of carbonyl (C=O) groups is 2. The number of amides is 2. The number of aromatic nitrogens is 3. The molecule has 0 saturated carbocycles. The fourth-order valence-electron chi connectivity index (χ4n) is 3.90. The van der Waals surface area contributed by atoms with E-state index in [4.69, 9.17) is 4.74 Å². The average molecular weight is 369 g/mol. The maximum absolute atomic E-state index is 12.7. The average Bonchev–Trinajstić information content (AvgIpc) is 3.18. The molecular formula is C19H23N5O3. The molecule has 4 rings (SSSR count). The summed E-state index contributed by atoms with van der Waals surface area (Å²) < 4.78 is 8.34. The molecule has 142 valence electrons. The molecule has 0 aliphatic carbocycles. The highest BCUT2D eigenvalue weighted by atomic mass is 16.5. The molecule has 8 heteroatoms. The predicted octanol–water partition coefficient (Wildman–Crippen LogP) is 0.897. The number of rotatable bonds is 2. The molecule has 1 atom stereocenters. The molecule has 0 bridgehead atoms. The molecule has 1 spiro atoms. The third-order valence-corrected chi connectivity index (χ3v) is 5.36. The van der Waals surface area contributed by atoms with Crippen LogP contribution in [0.5, 0.6) is 0 Å². The second-order valence-electron chi connectivity index (χ2n) is 7.26. The van der Waals surface area contributed by atoms with E-state index in [1.165, 1.54) is 0 Å². The molecule has 1 fully saturated rings. The normalized spacial score (nSPS) is 21.0. The van der Waals surface area contributed by atoms with E-state index in [0.717, 1.165) is 5.82 Å². The maximum atomic E-state index is 12.7. The fraction of sp³-hybridized carbons (Fsp3) is 0.474. The summed E-state index contributed by atoms with van der Waals surface area (Å²) in [6.07, 6.45) is 7.57. The van der Waals surface area contributed by atoms with Crippen LogP contribution in [0.25, 0.3) is 0 Å². The van der Waals surface area contributed by atoms with Gasteiger partial charge in [-0.1, -0.05) is 0 Å². The first-order valence-electron chi connectivity index (χ1n) is 9.10. The summed E-state index contributed by atoms with van der Waals surface area (Å²) in [5.41, 5.74) is 0.000271. The van der Waals surface area contributed by atoms with Crippen LogP contribution < -0.4 is 0 Å². The minimum atomic E-state index is -0.632. The van der Waals surface area contributed by atoms with E-state index in [1.54, 1.807) is 49.7 Å². The van der Waals surface area contributed by atoms with Crippen LogP contribution in [0.4, 0.5) is 0 Å². The van der Waals surface area contributed by atoms with Crippen molar-refractivity contribution in [3.8, 4) is 0 Å².